The lowest BCUT2D eigenvalue weighted by atomic mass is 9.81. The number of rotatable bonds is 1. The Morgan fingerprint density at radius 2 is 1.33 bits per heavy atom. The fourth-order valence-electron chi connectivity index (χ4n) is 3.86. The van der Waals surface area contributed by atoms with Crippen LogP contribution in [-0.2, 0) is 9.59 Å². The minimum atomic E-state index is -0.240. The summed E-state index contributed by atoms with van der Waals surface area (Å²) in [5, 5.41) is 9.52. The van der Waals surface area contributed by atoms with E-state index in [4.69, 9.17) is 0 Å². The van der Waals surface area contributed by atoms with E-state index in [1.54, 1.807) is 4.90 Å². The van der Waals surface area contributed by atoms with Crippen LogP contribution in [0.15, 0.2) is 0 Å². The fraction of sp³-hybridized carbons (Fsp3) is 0.857. The van der Waals surface area contributed by atoms with Crippen LogP contribution in [0.4, 0.5) is 0 Å². The molecule has 0 aromatic carbocycles. The molecule has 3 aliphatic rings. The third-order valence-corrected chi connectivity index (χ3v) is 4.91. The largest absolute Gasteiger partial charge is 0.393 e. The van der Waals surface area contributed by atoms with E-state index in [-0.39, 0.29) is 35.8 Å². The molecule has 0 aromatic heterocycles. The Labute approximate surface area is 107 Å². The molecule has 3 rings (SSSR count). The predicted octanol–water partition coefficient (Wildman–Crippen LogP) is 1.47. The number of hydrogen-bond donors (Lipinski definition) is 1. The molecule has 1 saturated heterocycles. The first-order chi connectivity index (χ1) is 8.68. The second kappa shape index (κ2) is 4.65. The van der Waals surface area contributed by atoms with Crippen LogP contribution in [0.3, 0.4) is 0 Å². The van der Waals surface area contributed by atoms with Crippen molar-refractivity contribution in [2.45, 2.75) is 63.5 Å². The van der Waals surface area contributed by atoms with Crippen LogP contribution >= 0.6 is 0 Å². The number of fused-ring (bicyclic) bond motifs is 1. The van der Waals surface area contributed by atoms with Gasteiger partial charge in [0.2, 0.25) is 11.8 Å². The lowest BCUT2D eigenvalue weighted by Gasteiger charge is -2.31. The van der Waals surface area contributed by atoms with Gasteiger partial charge in [0, 0.05) is 6.04 Å². The Kier molecular flexibility index (Phi) is 3.14. The molecule has 2 amide bonds. The second-order valence-corrected chi connectivity index (χ2v) is 6.01. The third-order valence-electron chi connectivity index (χ3n) is 4.91. The molecule has 0 bridgehead atoms. The van der Waals surface area contributed by atoms with Gasteiger partial charge in [0.05, 0.1) is 17.9 Å². The molecule has 2 saturated carbocycles. The highest BCUT2D eigenvalue weighted by atomic mass is 16.3. The van der Waals surface area contributed by atoms with Gasteiger partial charge in [0.15, 0.2) is 0 Å². The lowest BCUT2D eigenvalue weighted by Crippen LogP contribution is -2.43. The van der Waals surface area contributed by atoms with E-state index in [0.717, 1.165) is 51.4 Å². The van der Waals surface area contributed by atoms with Gasteiger partial charge in [-0.05, 0) is 38.5 Å². The van der Waals surface area contributed by atoms with Crippen molar-refractivity contribution >= 4 is 11.8 Å². The van der Waals surface area contributed by atoms with Gasteiger partial charge in [-0.25, -0.2) is 0 Å². The smallest absolute Gasteiger partial charge is 0.233 e. The minimum absolute atomic E-state index is 0.0295. The van der Waals surface area contributed by atoms with Gasteiger partial charge in [-0.3, -0.25) is 14.5 Å². The van der Waals surface area contributed by atoms with Crippen molar-refractivity contribution in [3.8, 4) is 0 Å². The number of hydrogen-bond acceptors (Lipinski definition) is 3. The van der Waals surface area contributed by atoms with Crippen molar-refractivity contribution in [2.75, 3.05) is 0 Å². The summed E-state index contributed by atoms with van der Waals surface area (Å²) < 4.78 is 0. The summed E-state index contributed by atoms with van der Waals surface area (Å²) >= 11 is 0. The van der Waals surface area contributed by atoms with E-state index in [1.807, 2.05) is 0 Å². The maximum absolute atomic E-state index is 12.4. The van der Waals surface area contributed by atoms with Gasteiger partial charge >= 0.3 is 0 Å². The molecule has 4 nitrogen and oxygen atoms in total. The molecule has 3 fully saturated rings. The Morgan fingerprint density at radius 3 is 1.83 bits per heavy atom. The summed E-state index contributed by atoms with van der Waals surface area (Å²) in [7, 11) is 0. The normalized spacial score (nSPS) is 41.1. The maximum atomic E-state index is 12.4. The van der Waals surface area contributed by atoms with Crippen molar-refractivity contribution < 1.29 is 14.7 Å². The Hall–Kier alpha value is -0.900. The average molecular weight is 251 g/mol. The molecule has 2 atom stereocenters. The van der Waals surface area contributed by atoms with Gasteiger partial charge in [0.1, 0.15) is 0 Å². The molecular weight excluding hydrogens is 230 g/mol. The molecule has 4 heteroatoms. The number of imide groups is 1. The number of carbonyl (C=O) groups excluding carboxylic acids is 2. The van der Waals surface area contributed by atoms with Gasteiger partial charge in [-0.1, -0.05) is 12.8 Å². The molecule has 0 radical (unpaired) electrons. The molecule has 2 unspecified atom stereocenters. The Morgan fingerprint density at radius 1 is 0.833 bits per heavy atom. The van der Waals surface area contributed by atoms with Crippen molar-refractivity contribution in [3.05, 3.63) is 0 Å². The fourth-order valence-corrected chi connectivity index (χ4v) is 3.86. The van der Waals surface area contributed by atoms with E-state index < -0.39 is 0 Å². The molecule has 2 aliphatic carbocycles. The van der Waals surface area contributed by atoms with Crippen LogP contribution in [0.1, 0.15) is 51.4 Å². The highest BCUT2D eigenvalue weighted by molar-refractivity contribution is 6.05. The number of likely N-dealkylation sites (tertiary alicyclic amines) is 1. The van der Waals surface area contributed by atoms with E-state index >= 15 is 0 Å². The molecule has 18 heavy (non-hydrogen) atoms. The van der Waals surface area contributed by atoms with Crippen LogP contribution in [-0.4, -0.2) is 34.0 Å². The van der Waals surface area contributed by atoms with Crippen LogP contribution in [0.5, 0.6) is 0 Å². The van der Waals surface area contributed by atoms with E-state index in [2.05, 4.69) is 0 Å². The molecule has 100 valence electrons. The van der Waals surface area contributed by atoms with Gasteiger partial charge in [0.25, 0.3) is 0 Å². The summed E-state index contributed by atoms with van der Waals surface area (Å²) in [6.45, 7) is 0. The van der Waals surface area contributed by atoms with Crippen LogP contribution in [0.2, 0.25) is 0 Å². The summed E-state index contributed by atoms with van der Waals surface area (Å²) in [6, 6.07) is 0.0546. The third kappa shape index (κ3) is 1.87. The summed E-state index contributed by atoms with van der Waals surface area (Å²) in [5.41, 5.74) is 0. The number of nitrogens with zero attached hydrogens (tertiary/aromatic N) is 1. The van der Waals surface area contributed by atoms with Crippen LogP contribution < -0.4 is 0 Å². The zero-order chi connectivity index (χ0) is 12.7. The molecule has 1 N–H and O–H groups in total. The zero-order valence-electron chi connectivity index (χ0n) is 10.7. The number of carbonyl (C=O) groups is 2. The van der Waals surface area contributed by atoms with Gasteiger partial charge in [-0.15, -0.1) is 0 Å². The summed E-state index contributed by atoms with van der Waals surface area (Å²) in [6.07, 6.45) is 6.69. The molecule has 1 aliphatic heterocycles. The molecule has 0 aromatic rings. The standard InChI is InChI=1S/C14H21NO3/c16-10-7-5-9(6-8-10)15-13(17)11-3-1-2-4-12(11)14(15)18/h9-12,16H,1-8H2. The lowest BCUT2D eigenvalue weighted by molar-refractivity contribution is -0.144. The first-order valence-electron chi connectivity index (χ1n) is 7.23. The molecule has 0 spiro atoms. The minimum Gasteiger partial charge on any atom is -0.393 e. The quantitative estimate of drug-likeness (QED) is 0.718. The van der Waals surface area contributed by atoms with E-state index in [1.165, 1.54) is 0 Å². The highest BCUT2D eigenvalue weighted by Crippen LogP contribution is 2.40. The second-order valence-electron chi connectivity index (χ2n) is 6.01. The topological polar surface area (TPSA) is 57.6 Å². The Bertz CT molecular complexity index is 336. The van der Waals surface area contributed by atoms with E-state index in [0.29, 0.717) is 0 Å². The molecule has 1 heterocycles. The summed E-state index contributed by atoms with van der Waals surface area (Å²) in [5.74, 6) is 0.0911. The number of aliphatic hydroxyl groups is 1. The Balaban J connectivity index is 1.76. The maximum Gasteiger partial charge on any atom is 0.233 e. The van der Waals surface area contributed by atoms with Crippen molar-refractivity contribution in [2.24, 2.45) is 11.8 Å². The first-order valence-corrected chi connectivity index (χ1v) is 7.23. The highest BCUT2D eigenvalue weighted by Gasteiger charge is 2.50. The van der Waals surface area contributed by atoms with Crippen molar-refractivity contribution in [1.29, 1.82) is 0 Å². The van der Waals surface area contributed by atoms with Crippen molar-refractivity contribution in [3.63, 3.8) is 0 Å². The van der Waals surface area contributed by atoms with Crippen LogP contribution in [0, 0.1) is 11.8 Å². The van der Waals surface area contributed by atoms with Crippen molar-refractivity contribution in [1.82, 2.24) is 4.90 Å². The number of aliphatic hydroxyl groups excluding tert-OH is 1. The first kappa shape index (κ1) is 12.2. The SMILES string of the molecule is O=C1C2CCCCC2C(=O)N1C1CCC(O)CC1. The predicted molar refractivity (Wildman–Crippen MR) is 65.6 cm³/mol. The summed E-state index contributed by atoms with van der Waals surface area (Å²) in [4.78, 5) is 26.3. The zero-order valence-corrected chi connectivity index (χ0v) is 10.7. The average Bonchev–Trinajstić information content (AvgIpc) is 2.64. The number of amides is 2. The molecular formula is C14H21NO3. The van der Waals surface area contributed by atoms with Gasteiger partial charge < -0.3 is 5.11 Å². The van der Waals surface area contributed by atoms with Crippen LogP contribution in [0.25, 0.3) is 0 Å². The van der Waals surface area contributed by atoms with E-state index in [9.17, 15) is 14.7 Å². The van der Waals surface area contributed by atoms with Gasteiger partial charge in [-0.2, -0.15) is 0 Å². The monoisotopic (exact) mass is 251 g/mol.